The molecule has 1 aromatic rings. The Morgan fingerprint density at radius 2 is 1.75 bits per heavy atom. The largest absolute Gasteiger partial charge is 0.118 e. The first kappa shape index (κ1) is 11.5. The zero-order valence-corrected chi connectivity index (χ0v) is 10.9. The van der Waals surface area contributed by atoms with Gasteiger partial charge < -0.3 is 0 Å². The van der Waals surface area contributed by atoms with Crippen LogP contribution in [0.2, 0.25) is 0 Å². The van der Waals surface area contributed by atoms with E-state index in [9.17, 15) is 0 Å². The quantitative estimate of drug-likeness (QED) is 0.715. The van der Waals surface area contributed by atoms with Crippen LogP contribution >= 0.6 is 11.8 Å². The highest BCUT2D eigenvalue weighted by molar-refractivity contribution is 8.00. The van der Waals surface area contributed by atoms with Gasteiger partial charge >= 0.3 is 0 Å². The number of hydrogen-bond acceptors (Lipinski definition) is 1. The van der Waals surface area contributed by atoms with Gasteiger partial charge in [-0.05, 0) is 31.9 Å². The monoisotopic (exact) mass is 230 g/mol. The number of hydrogen-bond donors (Lipinski definition) is 0. The Bertz CT molecular complexity index is 412. The van der Waals surface area contributed by atoms with E-state index in [0.717, 1.165) is 0 Å². The van der Waals surface area contributed by atoms with Crippen molar-refractivity contribution < 1.29 is 0 Å². The van der Waals surface area contributed by atoms with Crippen LogP contribution in [0.4, 0.5) is 0 Å². The van der Waals surface area contributed by atoms with Crippen molar-refractivity contribution in [1.82, 2.24) is 0 Å². The molecule has 0 saturated heterocycles. The van der Waals surface area contributed by atoms with Crippen LogP contribution in [0.5, 0.6) is 0 Å². The summed E-state index contributed by atoms with van der Waals surface area (Å²) in [5.41, 5.74) is 2.71. The lowest BCUT2D eigenvalue weighted by atomic mass is 9.98. The van der Waals surface area contributed by atoms with Crippen molar-refractivity contribution >= 4 is 11.8 Å². The van der Waals surface area contributed by atoms with E-state index >= 15 is 0 Å². The predicted molar refractivity (Wildman–Crippen MR) is 72.9 cm³/mol. The minimum atomic E-state index is 0.575. The van der Waals surface area contributed by atoms with Gasteiger partial charge in [-0.2, -0.15) is 0 Å². The van der Waals surface area contributed by atoms with Gasteiger partial charge in [0.2, 0.25) is 0 Å². The van der Waals surface area contributed by atoms with Crippen molar-refractivity contribution in [2.24, 2.45) is 5.92 Å². The first-order valence-corrected chi connectivity index (χ1v) is 6.63. The molecule has 2 unspecified atom stereocenters. The summed E-state index contributed by atoms with van der Waals surface area (Å²) in [5, 5.41) is 0.575. The van der Waals surface area contributed by atoms with Gasteiger partial charge in [0.15, 0.2) is 0 Å². The third-order valence-electron chi connectivity index (χ3n) is 2.89. The van der Waals surface area contributed by atoms with Crippen LogP contribution in [0.1, 0.15) is 19.4 Å². The molecule has 0 nitrogen and oxygen atoms in total. The maximum Gasteiger partial charge on any atom is 0.0337 e. The zero-order valence-electron chi connectivity index (χ0n) is 10.1. The van der Waals surface area contributed by atoms with E-state index in [1.807, 2.05) is 11.8 Å². The van der Waals surface area contributed by atoms with Crippen LogP contribution in [0.15, 0.2) is 53.0 Å². The molecule has 0 heterocycles. The Hall–Kier alpha value is -0.950. The van der Waals surface area contributed by atoms with Crippen LogP contribution in [-0.4, -0.2) is 5.25 Å². The molecule has 16 heavy (non-hydrogen) atoms. The molecule has 84 valence electrons. The van der Waals surface area contributed by atoms with Crippen LogP contribution in [0.25, 0.3) is 0 Å². The van der Waals surface area contributed by atoms with Gasteiger partial charge in [0, 0.05) is 10.1 Å². The molecule has 0 N–H and O–H groups in total. The van der Waals surface area contributed by atoms with E-state index in [1.165, 1.54) is 16.0 Å². The molecule has 1 aromatic carbocycles. The van der Waals surface area contributed by atoms with Gasteiger partial charge in [-0.3, -0.25) is 0 Å². The Balaban J connectivity index is 2.06. The molecule has 0 saturated carbocycles. The summed E-state index contributed by atoms with van der Waals surface area (Å²) in [7, 11) is 0. The van der Waals surface area contributed by atoms with Crippen molar-refractivity contribution in [2.45, 2.75) is 30.9 Å². The SMILES string of the molecule is CC1=CC(C)C(Sc2ccc(C)cc2)C=C1. The van der Waals surface area contributed by atoms with E-state index < -0.39 is 0 Å². The maximum atomic E-state index is 2.35. The third-order valence-corrected chi connectivity index (χ3v) is 4.29. The van der Waals surface area contributed by atoms with Gasteiger partial charge in [0.25, 0.3) is 0 Å². The summed E-state index contributed by atoms with van der Waals surface area (Å²) < 4.78 is 0. The molecule has 0 amide bonds. The lowest BCUT2D eigenvalue weighted by Gasteiger charge is -2.21. The second kappa shape index (κ2) is 4.92. The maximum absolute atomic E-state index is 2.35. The van der Waals surface area contributed by atoms with Crippen LogP contribution < -0.4 is 0 Å². The molecular formula is C15H18S. The Labute approximate surface area is 102 Å². The van der Waals surface area contributed by atoms with Crippen LogP contribution in [-0.2, 0) is 0 Å². The van der Waals surface area contributed by atoms with Crippen molar-refractivity contribution in [3.8, 4) is 0 Å². The number of thioether (sulfide) groups is 1. The second-order valence-corrected chi connectivity index (χ2v) is 5.78. The minimum Gasteiger partial charge on any atom is -0.118 e. The predicted octanol–water partition coefficient (Wildman–Crippen LogP) is 4.61. The minimum absolute atomic E-state index is 0.575. The summed E-state index contributed by atoms with van der Waals surface area (Å²) in [5.74, 6) is 0.622. The normalized spacial score (nSPS) is 24.3. The molecule has 1 heteroatoms. The Morgan fingerprint density at radius 1 is 1.06 bits per heavy atom. The fraction of sp³-hybridized carbons (Fsp3) is 0.333. The van der Waals surface area contributed by atoms with E-state index in [4.69, 9.17) is 0 Å². The summed E-state index contributed by atoms with van der Waals surface area (Å²) in [6.45, 7) is 6.59. The smallest absolute Gasteiger partial charge is 0.0337 e. The second-order valence-electron chi connectivity index (χ2n) is 4.52. The highest BCUT2D eigenvalue weighted by Crippen LogP contribution is 2.32. The summed E-state index contributed by atoms with van der Waals surface area (Å²) in [6, 6.07) is 8.79. The van der Waals surface area contributed by atoms with E-state index in [2.05, 4.69) is 63.3 Å². The van der Waals surface area contributed by atoms with Gasteiger partial charge in [0.1, 0.15) is 0 Å². The Morgan fingerprint density at radius 3 is 2.38 bits per heavy atom. The number of allylic oxidation sites excluding steroid dienone is 3. The van der Waals surface area contributed by atoms with E-state index in [-0.39, 0.29) is 0 Å². The zero-order chi connectivity index (χ0) is 11.5. The molecule has 0 aromatic heterocycles. The average molecular weight is 230 g/mol. The highest BCUT2D eigenvalue weighted by Gasteiger charge is 2.16. The van der Waals surface area contributed by atoms with E-state index in [1.54, 1.807) is 0 Å². The topological polar surface area (TPSA) is 0 Å². The summed E-state index contributed by atoms with van der Waals surface area (Å²) >= 11 is 1.95. The molecule has 1 aliphatic rings. The standard InChI is InChI=1S/C15H18S/c1-11-4-7-14(8-5-11)16-15-9-6-12(2)10-13(15)3/h4-10,13,15H,1-3H3. The van der Waals surface area contributed by atoms with Gasteiger partial charge in [-0.1, -0.05) is 48.4 Å². The molecular weight excluding hydrogens is 212 g/mol. The average Bonchev–Trinajstić information content (AvgIpc) is 2.25. The van der Waals surface area contributed by atoms with Crippen molar-refractivity contribution in [3.63, 3.8) is 0 Å². The van der Waals surface area contributed by atoms with Crippen LogP contribution in [0, 0.1) is 12.8 Å². The van der Waals surface area contributed by atoms with Crippen molar-refractivity contribution in [2.75, 3.05) is 0 Å². The Kier molecular flexibility index (Phi) is 3.55. The molecule has 1 aliphatic carbocycles. The van der Waals surface area contributed by atoms with Gasteiger partial charge in [0.05, 0.1) is 0 Å². The fourth-order valence-corrected chi connectivity index (χ4v) is 2.97. The first-order valence-electron chi connectivity index (χ1n) is 5.75. The van der Waals surface area contributed by atoms with Crippen LogP contribution in [0.3, 0.4) is 0 Å². The molecule has 0 aliphatic heterocycles. The lowest BCUT2D eigenvalue weighted by Crippen LogP contribution is -2.12. The van der Waals surface area contributed by atoms with Gasteiger partial charge in [-0.15, -0.1) is 11.8 Å². The number of benzene rings is 1. The lowest BCUT2D eigenvalue weighted by molar-refractivity contribution is 0.745. The fourth-order valence-electron chi connectivity index (χ4n) is 1.91. The van der Waals surface area contributed by atoms with E-state index in [0.29, 0.717) is 11.2 Å². The first-order chi connectivity index (χ1) is 7.65. The summed E-state index contributed by atoms with van der Waals surface area (Å²) in [4.78, 5) is 1.36. The number of aryl methyl sites for hydroxylation is 1. The molecule has 0 spiro atoms. The third kappa shape index (κ3) is 2.79. The summed E-state index contributed by atoms with van der Waals surface area (Å²) in [6.07, 6.45) is 6.90. The molecule has 0 fully saturated rings. The molecule has 0 bridgehead atoms. The van der Waals surface area contributed by atoms with Crippen molar-refractivity contribution in [1.29, 1.82) is 0 Å². The highest BCUT2D eigenvalue weighted by atomic mass is 32.2. The molecule has 2 rings (SSSR count). The van der Waals surface area contributed by atoms with Gasteiger partial charge in [-0.25, -0.2) is 0 Å². The molecule has 2 atom stereocenters. The molecule has 0 radical (unpaired) electrons. The number of rotatable bonds is 2. The van der Waals surface area contributed by atoms with Crippen molar-refractivity contribution in [3.05, 3.63) is 53.6 Å².